The Balaban J connectivity index is 2.54. The van der Waals surface area contributed by atoms with Crippen molar-refractivity contribution in [3.8, 4) is 0 Å². The summed E-state index contributed by atoms with van der Waals surface area (Å²) in [6, 6.07) is 3.64. The van der Waals surface area contributed by atoms with E-state index in [4.69, 9.17) is 0 Å². The van der Waals surface area contributed by atoms with Gasteiger partial charge in [0.05, 0.1) is 6.26 Å². The Morgan fingerprint density at radius 3 is 2.50 bits per heavy atom. The molecule has 1 heterocycles. The molecule has 1 aromatic heterocycles. The second-order valence-corrected chi connectivity index (χ2v) is 5.80. The van der Waals surface area contributed by atoms with Crippen LogP contribution in [0, 0.1) is 0 Å². The number of aromatic nitrogens is 1. The lowest BCUT2D eigenvalue weighted by molar-refractivity contribution is -0.129. The van der Waals surface area contributed by atoms with Gasteiger partial charge in [0.1, 0.15) is 0 Å². The van der Waals surface area contributed by atoms with E-state index in [1.54, 1.807) is 17.3 Å². The van der Waals surface area contributed by atoms with Gasteiger partial charge in [0.25, 0.3) is 0 Å². The zero-order valence-electron chi connectivity index (χ0n) is 10.5. The molecule has 100 valence electrons. The van der Waals surface area contributed by atoms with Crippen LogP contribution in [-0.4, -0.2) is 43.6 Å². The molecular formula is C11H17N3O3S. The van der Waals surface area contributed by atoms with E-state index >= 15 is 0 Å². The highest BCUT2D eigenvalue weighted by atomic mass is 32.2. The van der Waals surface area contributed by atoms with Crippen molar-refractivity contribution in [1.82, 2.24) is 14.6 Å². The normalized spacial score (nSPS) is 11.2. The number of carbonyl (C=O) groups excluding carboxylic acids is 1. The number of hydrogen-bond acceptors (Lipinski definition) is 4. The largest absolute Gasteiger partial charge is 0.337 e. The molecule has 18 heavy (non-hydrogen) atoms. The van der Waals surface area contributed by atoms with E-state index < -0.39 is 10.0 Å². The van der Waals surface area contributed by atoms with Crippen LogP contribution in [0.4, 0.5) is 0 Å². The van der Waals surface area contributed by atoms with Gasteiger partial charge in [-0.15, -0.1) is 0 Å². The Morgan fingerprint density at radius 1 is 1.39 bits per heavy atom. The number of nitrogens with zero attached hydrogens (tertiary/aromatic N) is 2. The fourth-order valence-corrected chi connectivity index (χ4v) is 1.88. The van der Waals surface area contributed by atoms with Gasteiger partial charge in [-0.25, -0.2) is 13.1 Å². The van der Waals surface area contributed by atoms with Crippen molar-refractivity contribution in [2.24, 2.45) is 0 Å². The van der Waals surface area contributed by atoms with Crippen molar-refractivity contribution in [2.75, 3.05) is 19.3 Å². The molecule has 0 saturated heterocycles. The van der Waals surface area contributed by atoms with Gasteiger partial charge in [0.2, 0.25) is 15.9 Å². The number of amides is 1. The number of sulfonamides is 1. The lowest BCUT2D eigenvalue weighted by Gasteiger charge is -2.21. The molecule has 1 aromatic rings. The maximum atomic E-state index is 11.4. The molecule has 6 nitrogen and oxygen atoms in total. The lowest BCUT2D eigenvalue weighted by Crippen LogP contribution is -2.36. The second kappa shape index (κ2) is 6.46. The Kier molecular flexibility index (Phi) is 5.24. The zero-order valence-corrected chi connectivity index (χ0v) is 11.3. The van der Waals surface area contributed by atoms with Crippen molar-refractivity contribution in [3.05, 3.63) is 30.1 Å². The maximum Gasteiger partial charge on any atom is 0.219 e. The average molecular weight is 271 g/mol. The molecule has 1 amide bonds. The third-order valence-corrected chi connectivity index (χ3v) is 3.04. The molecule has 7 heteroatoms. The van der Waals surface area contributed by atoms with Crippen molar-refractivity contribution >= 4 is 15.9 Å². The minimum absolute atomic E-state index is 0.0953. The predicted octanol–water partition coefficient (Wildman–Crippen LogP) is -0.0207. The van der Waals surface area contributed by atoms with E-state index in [2.05, 4.69) is 9.71 Å². The summed E-state index contributed by atoms with van der Waals surface area (Å²) in [5.74, 6) is -0.0953. The topological polar surface area (TPSA) is 79.4 Å². The summed E-state index contributed by atoms with van der Waals surface area (Å²) in [5, 5.41) is 0. The summed E-state index contributed by atoms with van der Waals surface area (Å²) in [6.07, 6.45) is 4.40. The quantitative estimate of drug-likeness (QED) is 0.788. The van der Waals surface area contributed by atoms with Crippen LogP contribution in [0.15, 0.2) is 24.5 Å². The first-order valence-electron chi connectivity index (χ1n) is 5.47. The van der Waals surface area contributed by atoms with Gasteiger partial charge in [-0.05, 0) is 17.7 Å². The van der Waals surface area contributed by atoms with Crippen LogP contribution in [-0.2, 0) is 21.4 Å². The van der Waals surface area contributed by atoms with Crippen LogP contribution < -0.4 is 4.72 Å². The third-order valence-electron chi connectivity index (χ3n) is 2.31. The number of carbonyl (C=O) groups is 1. The summed E-state index contributed by atoms with van der Waals surface area (Å²) in [4.78, 5) is 16.9. The van der Waals surface area contributed by atoms with Crippen LogP contribution in [0.5, 0.6) is 0 Å². The van der Waals surface area contributed by atoms with E-state index in [1.165, 1.54) is 6.92 Å². The summed E-state index contributed by atoms with van der Waals surface area (Å²) in [7, 11) is -3.22. The standard InChI is InChI=1S/C11H17N3O3S/c1-10(15)14(8-7-13-18(2,16)17)9-11-3-5-12-6-4-11/h3-6,13H,7-9H2,1-2H3. The molecule has 0 fully saturated rings. The van der Waals surface area contributed by atoms with Crippen LogP contribution in [0.3, 0.4) is 0 Å². The number of pyridine rings is 1. The van der Waals surface area contributed by atoms with Gasteiger partial charge in [0.15, 0.2) is 0 Å². The summed E-state index contributed by atoms with van der Waals surface area (Å²) >= 11 is 0. The van der Waals surface area contributed by atoms with Crippen LogP contribution in [0.1, 0.15) is 12.5 Å². The van der Waals surface area contributed by atoms with Gasteiger partial charge >= 0.3 is 0 Å². The maximum absolute atomic E-state index is 11.4. The van der Waals surface area contributed by atoms with Gasteiger partial charge in [0, 0.05) is 39.0 Å². The van der Waals surface area contributed by atoms with Crippen molar-refractivity contribution < 1.29 is 13.2 Å². The Labute approximate surface area is 107 Å². The highest BCUT2D eigenvalue weighted by molar-refractivity contribution is 7.88. The Hall–Kier alpha value is -1.47. The number of rotatable bonds is 6. The zero-order chi connectivity index (χ0) is 13.6. The molecule has 0 aromatic carbocycles. The van der Waals surface area contributed by atoms with Crippen molar-refractivity contribution in [1.29, 1.82) is 0 Å². The monoisotopic (exact) mass is 271 g/mol. The van der Waals surface area contributed by atoms with E-state index in [-0.39, 0.29) is 12.5 Å². The van der Waals surface area contributed by atoms with E-state index in [9.17, 15) is 13.2 Å². The summed E-state index contributed by atoms with van der Waals surface area (Å²) < 4.78 is 24.2. The second-order valence-electron chi connectivity index (χ2n) is 3.96. The number of nitrogens with one attached hydrogen (secondary N) is 1. The van der Waals surface area contributed by atoms with Crippen LogP contribution in [0.25, 0.3) is 0 Å². The molecule has 0 spiro atoms. The average Bonchev–Trinajstić information content (AvgIpc) is 2.27. The van der Waals surface area contributed by atoms with Crippen molar-refractivity contribution in [3.63, 3.8) is 0 Å². The molecule has 0 bridgehead atoms. The first-order valence-corrected chi connectivity index (χ1v) is 7.36. The van der Waals surface area contributed by atoms with Crippen LogP contribution >= 0.6 is 0 Å². The van der Waals surface area contributed by atoms with Gasteiger partial charge < -0.3 is 4.90 Å². The SMILES string of the molecule is CC(=O)N(CCNS(C)(=O)=O)Cc1ccncc1. The third kappa shape index (κ3) is 5.74. The smallest absolute Gasteiger partial charge is 0.219 e. The van der Waals surface area contributed by atoms with Gasteiger partial charge in [-0.2, -0.15) is 0 Å². The van der Waals surface area contributed by atoms with E-state index in [0.29, 0.717) is 13.1 Å². The van der Waals surface area contributed by atoms with Crippen LogP contribution in [0.2, 0.25) is 0 Å². The van der Waals surface area contributed by atoms with Gasteiger partial charge in [-0.1, -0.05) is 0 Å². The van der Waals surface area contributed by atoms with E-state index in [0.717, 1.165) is 11.8 Å². The summed E-state index contributed by atoms with van der Waals surface area (Å²) in [6.45, 7) is 2.46. The molecule has 1 rings (SSSR count). The lowest BCUT2D eigenvalue weighted by atomic mass is 10.2. The Morgan fingerprint density at radius 2 is 2.00 bits per heavy atom. The summed E-state index contributed by atoms with van der Waals surface area (Å²) in [5.41, 5.74) is 0.958. The molecule has 0 aliphatic heterocycles. The van der Waals surface area contributed by atoms with Crippen molar-refractivity contribution in [2.45, 2.75) is 13.5 Å². The molecule has 0 radical (unpaired) electrons. The number of hydrogen-bond donors (Lipinski definition) is 1. The minimum atomic E-state index is -3.22. The molecule has 0 atom stereocenters. The minimum Gasteiger partial charge on any atom is -0.337 e. The Bertz CT molecular complexity index is 488. The first-order chi connectivity index (χ1) is 8.38. The molecule has 0 aliphatic carbocycles. The first kappa shape index (κ1) is 14.6. The molecule has 0 aliphatic rings. The molecule has 1 N–H and O–H groups in total. The highest BCUT2D eigenvalue weighted by Crippen LogP contribution is 2.03. The predicted molar refractivity (Wildman–Crippen MR) is 68.2 cm³/mol. The fraction of sp³-hybridized carbons (Fsp3) is 0.455. The van der Waals surface area contributed by atoms with E-state index in [1.807, 2.05) is 12.1 Å². The van der Waals surface area contributed by atoms with Gasteiger partial charge in [-0.3, -0.25) is 9.78 Å². The fourth-order valence-electron chi connectivity index (χ4n) is 1.42. The highest BCUT2D eigenvalue weighted by Gasteiger charge is 2.10. The molecule has 0 unspecified atom stereocenters. The molecule has 0 saturated carbocycles. The molecular weight excluding hydrogens is 254 g/mol.